The van der Waals surface area contributed by atoms with Crippen LogP contribution in [0.3, 0.4) is 0 Å². The highest BCUT2D eigenvalue weighted by Crippen LogP contribution is 2.21. The van der Waals surface area contributed by atoms with Gasteiger partial charge in [0.2, 0.25) is 5.91 Å². The average molecular weight is 279 g/mol. The number of carbonyl (C=O) groups excluding carboxylic acids is 1. The maximum absolute atomic E-state index is 12.0. The molecule has 2 rings (SSSR count). The molecule has 1 fully saturated rings. The van der Waals surface area contributed by atoms with Gasteiger partial charge in [-0.1, -0.05) is 11.8 Å². The summed E-state index contributed by atoms with van der Waals surface area (Å²) in [7, 11) is 0. The molecule has 0 bridgehead atoms. The number of hydrogen-bond donors (Lipinski definition) is 2. The quantitative estimate of drug-likeness (QED) is 0.816. The molecule has 0 saturated carbocycles. The average Bonchev–Trinajstić information content (AvgIpc) is 3.02. The smallest absolute Gasteiger partial charge is 0.226 e. The van der Waals surface area contributed by atoms with E-state index in [9.17, 15) is 4.79 Å². The molecule has 0 aromatic carbocycles. The van der Waals surface area contributed by atoms with Crippen LogP contribution in [0, 0.1) is 17.8 Å². The van der Waals surface area contributed by atoms with Crippen LogP contribution in [0.4, 0.5) is 0 Å². The highest BCUT2D eigenvalue weighted by molar-refractivity contribution is 7.10. The third kappa shape index (κ3) is 3.57. The van der Waals surface area contributed by atoms with E-state index in [1.807, 2.05) is 18.4 Å². The molecule has 4 nitrogen and oxygen atoms in total. The van der Waals surface area contributed by atoms with Gasteiger partial charge < -0.3 is 15.2 Å². The lowest BCUT2D eigenvalue weighted by atomic mass is 10.0. The number of aliphatic hydroxyl groups is 1. The normalized spacial score (nSPS) is 21.8. The number of thiophene rings is 1. The number of aliphatic hydroxyl groups excluding tert-OH is 1. The molecule has 2 N–H and O–H groups in total. The molecule has 5 heteroatoms. The molecule has 2 unspecified atom stereocenters. The summed E-state index contributed by atoms with van der Waals surface area (Å²) >= 11 is 1.56. The number of amides is 1. The van der Waals surface area contributed by atoms with Crippen LogP contribution in [0.5, 0.6) is 0 Å². The predicted molar refractivity (Wildman–Crippen MR) is 73.7 cm³/mol. The van der Waals surface area contributed by atoms with E-state index in [2.05, 4.69) is 17.2 Å². The molecule has 1 aliphatic heterocycles. The van der Waals surface area contributed by atoms with E-state index in [4.69, 9.17) is 9.84 Å². The van der Waals surface area contributed by atoms with Crippen LogP contribution in [0.25, 0.3) is 0 Å². The Labute approximate surface area is 116 Å². The molecule has 0 radical (unpaired) electrons. The van der Waals surface area contributed by atoms with Gasteiger partial charge >= 0.3 is 0 Å². The van der Waals surface area contributed by atoms with Crippen molar-refractivity contribution in [2.75, 3.05) is 13.2 Å². The van der Waals surface area contributed by atoms with Gasteiger partial charge in [0.15, 0.2) is 0 Å². The fourth-order valence-electron chi connectivity index (χ4n) is 2.10. The van der Waals surface area contributed by atoms with Crippen LogP contribution in [0.15, 0.2) is 11.4 Å². The maximum Gasteiger partial charge on any atom is 0.226 e. The molecule has 1 saturated heterocycles. The predicted octanol–water partition coefficient (Wildman–Crippen LogP) is 1.13. The summed E-state index contributed by atoms with van der Waals surface area (Å²) in [4.78, 5) is 13.0. The molecule has 1 amide bonds. The Balaban J connectivity index is 1.92. The Kier molecular flexibility index (Phi) is 4.97. The zero-order valence-electron chi connectivity index (χ0n) is 10.8. The molecular weight excluding hydrogens is 262 g/mol. The van der Waals surface area contributed by atoms with Crippen LogP contribution in [0.1, 0.15) is 23.8 Å². The van der Waals surface area contributed by atoms with Gasteiger partial charge in [-0.3, -0.25) is 4.79 Å². The van der Waals surface area contributed by atoms with Crippen molar-refractivity contribution in [2.45, 2.75) is 26.0 Å². The SMILES string of the molecule is CC1OCCC1C(=O)NCc1sccc1C#CCO. The molecule has 0 aliphatic carbocycles. The lowest BCUT2D eigenvalue weighted by Crippen LogP contribution is -2.33. The van der Waals surface area contributed by atoms with E-state index in [0.717, 1.165) is 16.9 Å². The van der Waals surface area contributed by atoms with Gasteiger partial charge in [0.05, 0.1) is 18.6 Å². The minimum Gasteiger partial charge on any atom is -0.384 e. The maximum atomic E-state index is 12.0. The molecule has 1 aromatic rings. The molecule has 19 heavy (non-hydrogen) atoms. The summed E-state index contributed by atoms with van der Waals surface area (Å²) in [6.45, 7) is 2.92. The molecule has 0 spiro atoms. The first kappa shape index (κ1) is 14.1. The van der Waals surface area contributed by atoms with Gasteiger partial charge in [-0.2, -0.15) is 0 Å². The summed E-state index contributed by atoms with van der Waals surface area (Å²) in [5.74, 6) is 5.49. The minimum atomic E-state index is -0.154. The Hall–Kier alpha value is -1.35. The third-order valence-corrected chi connectivity index (χ3v) is 4.10. The second-order valence-electron chi connectivity index (χ2n) is 4.41. The van der Waals surface area contributed by atoms with Gasteiger partial charge in [-0.25, -0.2) is 0 Å². The first-order valence-electron chi connectivity index (χ1n) is 6.27. The van der Waals surface area contributed by atoms with Crippen molar-refractivity contribution < 1.29 is 14.6 Å². The number of hydrogen-bond acceptors (Lipinski definition) is 4. The van der Waals surface area contributed by atoms with Crippen molar-refractivity contribution in [3.63, 3.8) is 0 Å². The molecule has 102 valence electrons. The molecule has 1 aliphatic rings. The van der Waals surface area contributed by atoms with Crippen LogP contribution >= 0.6 is 11.3 Å². The highest BCUT2D eigenvalue weighted by atomic mass is 32.1. The largest absolute Gasteiger partial charge is 0.384 e. The topological polar surface area (TPSA) is 58.6 Å². The number of carbonyl (C=O) groups is 1. The fourth-order valence-corrected chi connectivity index (χ4v) is 2.87. The van der Waals surface area contributed by atoms with Crippen LogP contribution in [-0.2, 0) is 16.1 Å². The van der Waals surface area contributed by atoms with E-state index in [0.29, 0.717) is 13.2 Å². The van der Waals surface area contributed by atoms with E-state index < -0.39 is 0 Å². The van der Waals surface area contributed by atoms with Crippen LogP contribution in [0.2, 0.25) is 0 Å². The lowest BCUT2D eigenvalue weighted by Gasteiger charge is -2.13. The van der Waals surface area contributed by atoms with Crippen LogP contribution in [-0.4, -0.2) is 30.3 Å². The molecule has 1 aromatic heterocycles. The van der Waals surface area contributed by atoms with Crippen molar-refractivity contribution in [3.05, 3.63) is 21.9 Å². The zero-order chi connectivity index (χ0) is 13.7. The van der Waals surface area contributed by atoms with Crippen molar-refractivity contribution in [1.29, 1.82) is 0 Å². The standard InChI is InChI=1S/C14H17NO3S/c1-10-12(4-7-18-10)14(17)15-9-13-11(3-2-6-16)5-8-19-13/h5,8,10,12,16H,4,6-7,9H2,1H3,(H,15,17). The Morgan fingerprint density at radius 1 is 1.68 bits per heavy atom. The monoisotopic (exact) mass is 279 g/mol. The first-order chi connectivity index (χ1) is 9.22. The van der Waals surface area contributed by atoms with Gasteiger partial charge in [-0.15, -0.1) is 11.3 Å². The van der Waals surface area contributed by atoms with Gasteiger partial charge in [0.25, 0.3) is 0 Å². The second kappa shape index (κ2) is 6.71. The van der Waals surface area contributed by atoms with E-state index >= 15 is 0 Å². The summed E-state index contributed by atoms with van der Waals surface area (Å²) < 4.78 is 5.39. The number of rotatable bonds is 3. The van der Waals surface area contributed by atoms with E-state index in [1.165, 1.54) is 0 Å². The van der Waals surface area contributed by atoms with Gasteiger partial charge in [0.1, 0.15) is 6.61 Å². The third-order valence-electron chi connectivity index (χ3n) is 3.18. The van der Waals surface area contributed by atoms with Crippen molar-refractivity contribution in [2.24, 2.45) is 5.92 Å². The van der Waals surface area contributed by atoms with Crippen molar-refractivity contribution >= 4 is 17.2 Å². The second-order valence-corrected chi connectivity index (χ2v) is 5.41. The minimum absolute atomic E-state index is 0.00279. The molecule has 2 atom stereocenters. The van der Waals surface area contributed by atoms with E-state index in [1.54, 1.807) is 11.3 Å². The Bertz CT molecular complexity index is 500. The first-order valence-corrected chi connectivity index (χ1v) is 7.15. The number of ether oxygens (including phenoxy) is 1. The summed E-state index contributed by atoms with van der Waals surface area (Å²) in [6, 6.07) is 1.90. The fraction of sp³-hybridized carbons (Fsp3) is 0.500. The van der Waals surface area contributed by atoms with E-state index in [-0.39, 0.29) is 24.5 Å². The van der Waals surface area contributed by atoms with Crippen molar-refractivity contribution in [3.8, 4) is 11.8 Å². The number of nitrogens with one attached hydrogen (secondary N) is 1. The summed E-state index contributed by atoms with van der Waals surface area (Å²) in [5, 5.41) is 13.6. The summed E-state index contributed by atoms with van der Waals surface area (Å²) in [6.07, 6.45) is 0.784. The van der Waals surface area contributed by atoms with Gasteiger partial charge in [0, 0.05) is 17.0 Å². The summed E-state index contributed by atoms with van der Waals surface area (Å²) in [5.41, 5.74) is 0.870. The van der Waals surface area contributed by atoms with Crippen molar-refractivity contribution in [1.82, 2.24) is 5.32 Å². The molecular formula is C14H17NO3S. The zero-order valence-corrected chi connectivity index (χ0v) is 11.6. The highest BCUT2D eigenvalue weighted by Gasteiger charge is 2.30. The van der Waals surface area contributed by atoms with Gasteiger partial charge in [-0.05, 0) is 24.8 Å². The Morgan fingerprint density at radius 3 is 3.21 bits per heavy atom. The van der Waals surface area contributed by atoms with Crippen LogP contribution < -0.4 is 5.32 Å². The lowest BCUT2D eigenvalue weighted by molar-refractivity contribution is -0.126. The Morgan fingerprint density at radius 2 is 2.53 bits per heavy atom. The molecule has 2 heterocycles.